The highest BCUT2D eigenvalue weighted by Gasteiger charge is 2.25. The van der Waals surface area contributed by atoms with Crippen molar-refractivity contribution in [3.8, 4) is 27.9 Å². The van der Waals surface area contributed by atoms with Gasteiger partial charge in [0.15, 0.2) is 0 Å². The summed E-state index contributed by atoms with van der Waals surface area (Å²) in [6.45, 7) is 0. The molecule has 0 spiro atoms. The number of rotatable bonds is 6. The third-order valence-corrected chi connectivity index (χ3v) is 13.3. The maximum atomic E-state index is 2.53. The minimum absolute atomic E-state index is 1.09. The Hall–Kier alpha value is -8.46. The molecule has 0 N–H and O–H groups in total. The fraction of sp³-hybridized carbons (Fsp3) is 0. The number of aromatic nitrogens is 1. The van der Waals surface area contributed by atoms with Crippen LogP contribution in [0.1, 0.15) is 0 Å². The van der Waals surface area contributed by atoms with Gasteiger partial charge in [0, 0.05) is 27.2 Å². The van der Waals surface area contributed by atoms with E-state index in [4.69, 9.17) is 0 Å². The highest BCUT2D eigenvalue weighted by molar-refractivity contribution is 6.24. The third-order valence-electron chi connectivity index (χ3n) is 13.3. The van der Waals surface area contributed by atoms with Crippen molar-refractivity contribution in [1.82, 2.24) is 4.57 Å². The molecule has 0 unspecified atom stereocenters. The van der Waals surface area contributed by atoms with E-state index < -0.39 is 0 Å². The molecule has 64 heavy (non-hydrogen) atoms. The number of hydrogen-bond donors (Lipinski definition) is 0. The first kappa shape index (κ1) is 36.2. The average molecular weight is 813 g/mol. The summed E-state index contributed by atoms with van der Waals surface area (Å²) >= 11 is 0. The molecule has 0 atom stereocenters. The fourth-order valence-electron chi connectivity index (χ4n) is 10.6. The molecule has 0 bridgehead atoms. The topological polar surface area (TPSA) is 8.17 Å². The molecule has 0 aliphatic heterocycles. The van der Waals surface area contributed by atoms with E-state index in [0.717, 1.165) is 22.6 Å². The number of benzene rings is 12. The van der Waals surface area contributed by atoms with Crippen molar-refractivity contribution < 1.29 is 0 Å². The van der Waals surface area contributed by atoms with E-state index in [1.54, 1.807) is 0 Å². The molecule has 1 aromatic heterocycles. The van der Waals surface area contributed by atoms with Crippen molar-refractivity contribution in [2.45, 2.75) is 0 Å². The number of hydrogen-bond acceptors (Lipinski definition) is 1. The van der Waals surface area contributed by atoms with E-state index >= 15 is 0 Å². The lowest BCUT2D eigenvalue weighted by Gasteiger charge is -2.29. The average Bonchev–Trinajstić information content (AvgIpc) is 3.71. The predicted molar refractivity (Wildman–Crippen MR) is 274 cm³/mol. The zero-order valence-electron chi connectivity index (χ0n) is 35.0. The summed E-state index contributed by atoms with van der Waals surface area (Å²) in [5, 5.41) is 14.7. The maximum Gasteiger partial charge on any atom is 0.0562 e. The Morgan fingerprint density at radius 2 is 0.781 bits per heavy atom. The van der Waals surface area contributed by atoms with Gasteiger partial charge in [-0.2, -0.15) is 0 Å². The molecule has 0 saturated heterocycles. The summed E-state index contributed by atoms with van der Waals surface area (Å²) in [5.41, 5.74) is 11.7. The highest BCUT2D eigenvalue weighted by atomic mass is 15.1. The molecule has 0 aliphatic carbocycles. The molecular weight excluding hydrogens is 773 g/mol. The summed E-state index contributed by atoms with van der Waals surface area (Å²) in [7, 11) is 0. The van der Waals surface area contributed by atoms with Crippen LogP contribution in [0.5, 0.6) is 0 Å². The molecule has 0 aliphatic rings. The van der Waals surface area contributed by atoms with E-state index in [0.29, 0.717) is 0 Å². The molecule has 13 rings (SSSR count). The van der Waals surface area contributed by atoms with Crippen molar-refractivity contribution in [3.05, 3.63) is 243 Å². The fourth-order valence-corrected chi connectivity index (χ4v) is 10.6. The molecule has 2 heteroatoms. The van der Waals surface area contributed by atoms with Gasteiger partial charge in [0.05, 0.1) is 28.1 Å². The Morgan fingerprint density at radius 1 is 0.281 bits per heavy atom. The normalized spacial score (nSPS) is 11.8. The quantitative estimate of drug-likeness (QED) is 0.152. The molecule has 12 aromatic carbocycles. The number of para-hydroxylation sites is 1. The zero-order valence-corrected chi connectivity index (χ0v) is 35.0. The van der Waals surface area contributed by atoms with Gasteiger partial charge in [-0.15, -0.1) is 0 Å². The first-order chi connectivity index (χ1) is 31.8. The molecule has 13 aromatic rings. The molecule has 2 nitrogen and oxygen atoms in total. The van der Waals surface area contributed by atoms with Crippen molar-refractivity contribution in [1.29, 1.82) is 0 Å². The zero-order chi connectivity index (χ0) is 42.1. The van der Waals surface area contributed by atoms with Crippen LogP contribution in [0.3, 0.4) is 0 Å². The molecule has 0 saturated carbocycles. The monoisotopic (exact) mass is 812 g/mol. The second-order valence-electron chi connectivity index (χ2n) is 16.8. The first-order valence-corrected chi connectivity index (χ1v) is 22.1. The van der Waals surface area contributed by atoms with Crippen molar-refractivity contribution in [3.63, 3.8) is 0 Å². The number of anilines is 3. The Kier molecular flexibility index (Phi) is 8.25. The van der Waals surface area contributed by atoms with Crippen LogP contribution in [-0.2, 0) is 0 Å². The van der Waals surface area contributed by atoms with E-state index in [1.165, 1.54) is 98.1 Å². The van der Waals surface area contributed by atoms with Gasteiger partial charge in [0.1, 0.15) is 0 Å². The Bertz CT molecular complexity index is 3950. The summed E-state index contributed by atoms with van der Waals surface area (Å²) in [4.78, 5) is 2.53. The molecule has 0 fully saturated rings. The van der Waals surface area contributed by atoms with E-state index in [2.05, 4.69) is 252 Å². The number of nitrogens with zero attached hydrogens (tertiary/aromatic N) is 2. The highest BCUT2D eigenvalue weighted by Crippen LogP contribution is 2.50. The van der Waals surface area contributed by atoms with Crippen LogP contribution in [0.2, 0.25) is 0 Å². The standard InChI is InChI=1S/C62H40N2/c1-3-20-43(21-4-1)60-52-28-12-11-27-49(52)50-39-37-45(40-54(50)61(60)44-22-5-2-6-23-44)63(56-33-16-30-48-46-25-9-7-19-42(46)36-38-51(48)56)58-34-17-35-59-62(58)53-29-13-14-31-57(53)64(59)55-32-15-24-41-18-8-10-26-47(41)55/h1-40H. The van der Waals surface area contributed by atoms with E-state index in [1.807, 2.05) is 0 Å². The van der Waals surface area contributed by atoms with Crippen LogP contribution in [0, 0.1) is 0 Å². The lowest BCUT2D eigenvalue weighted by molar-refractivity contribution is 1.20. The van der Waals surface area contributed by atoms with Crippen LogP contribution in [0.4, 0.5) is 17.1 Å². The largest absolute Gasteiger partial charge is 0.309 e. The second kappa shape index (κ2) is 14.6. The van der Waals surface area contributed by atoms with Crippen LogP contribution in [0.25, 0.3) is 104 Å². The SMILES string of the molecule is c1ccc(-c2c(-c3ccccc3)c3cc(N(c4cccc5c4ccc4ccccc45)c4cccc5c4c4ccccc4n5-c4cccc5ccccc45)ccc3c3ccccc23)cc1. The summed E-state index contributed by atoms with van der Waals surface area (Å²) < 4.78 is 2.47. The lowest BCUT2D eigenvalue weighted by Crippen LogP contribution is -2.11. The summed E-state index contributed by atoms with van der Waals surface area (Å²) in [6, 6.07) is 89.2. The van der Waals surface area contributed by atoms with Crippen molar-refractivity contribution in [2.24, 2.45) is 0 Å². The van der Waals surface area contributed by atoms with Crippen LogP contribution in [-0.4, -0.2) is 4.57 Å². The summed E-state index contributed by atoms with van der Waals surface area (Å²) in [5.74, 6) is 0. The van der Waals surface area contributed by atoms with Gasteiger partial charge >= 0.3 is 0 Å². The Morgan fingerprint density at radius 3 is 1.56 bits per heavy atom. The smallest absolute Gasteiger partial charge is 0.0562 e. The molecule has 0 radical (unpaired) electrons. The van der Waals surface area contributed by atoms with Gasteiger partial charge in [-0.3, -0.25) is 0 Å². The first-order valence-electron chi connectivity index (χ1n) is 22.1. The van der Waals surface area contributed by atoms with Gasteiger partial charge in [-0.25, -0.2) is 0 Å². The molecular formula is C62H40N2. The van der Waals surface area contributed by atoms with Crippen molar-refractivity contribution in [2.75, 3.05) is 4.90 Å². The summed E-state index contributed by atoms with van der Waals surface area (Å²) in [6.07, 6.45) is 0. The van der Waals surface area contributed by atoms with Crippen molar-refractivity contribution >= 4 is 92.7 Å². The van der Waals surface area contributed by atoms with Gasteiger partial charge < -0.3 is 9.47 Å². The Balaban J connectivity index is 1.18. The molecule has 1 heterocycles. The van der Waals surface area contributed by atoms with Gasteiger partial charge in [0.2, 0.25) is 0 Å². The number of fused-ring (bicyclic) bond motifs is 10. The molecule has 298 valence electrons. The van der Waals surface area contributed by atoms with Gasteiger partial charge in [-0.1, -0.05) is 200 Å². The molecule has 0 amide bonds. The maximum absolute atomic E-state index is 2.53. The van der Waals surface area contributed by atoms with Crippen LogP contribution < -0.4 is 4.90 Å². The van der Waals surface area contributed by atoms with E-state index in [9.17, 15) is 0 Å². The lowest BCUT2D eigenvalue weighted by atomic mass is 9.85. The minimum atomic E-state index is 1.09. The van der Waals surface area contributed by atoms with E-state index in [-0.39, 0.29) is 0 Å². The third kappa shape index (κ3) is 5.53. The van der Waals surface area contributed by atoms with Gasteiger partial charge in [0.25, 0.3) is 0 Å². The van der Waals surface area contributed by atoms with Crippen LogP contribution >= 0.6 is 0 Å². The van der Waals surface area contributed by atoms with Crippen LogP contribution in [0.15, 0.2) is 243 Å². The Labute approximate surface area is 371 Å². The van der Waals surface area contributed by atoms with Gasteiger partial charge in [-0.05, 0) is 108 Å². The predicted octanol–water partition coefficient (Wildman–Crippen LogP) is 17.4. The minimum Gasteiger partial charge on any atom is -0.309 e. The second-order valence-corrected chi connectivity index (χ2v) is 16.8.